The molecule has 6 N–H and O–H groups in total. The molecule has 138 valence electrons. The maximum absolute atomic E-state index is 12.2. The van der Waals surface area contributed by atoms with Crippen LogP contribution < -0.4 is 16.4 Å². The standard InChI is InChI=1S/C14H25N3O6S/c1-7(2)11(15)13(21)16-8(4-5-24-3)12(20)17-9(14(22)23)6-10(18)19/h7-9,11H,4-6,15H2,1-3H3,(H,16,21)(H,17,20)(H,18,19)(H,22,23). The first kappa shape index (κ1) is 22.2. The van der Waals surface area contributed by atoms with Gasteiger partial charge in [-0.05, 0) is 24.3 Å². The maximum atomic E-state index is 12.2. The predicted octanol–water partition coefficient (Wildman–Crippen LogP) is -0.748. The largest absolute Gasteiger partial charge is 0.481 e. The number of nitrogens with two attached hydrogens (primary N) is 1. The molecular formula is C14H25N3O6S. The molecule has 0 radical (unpaired) electrons. The molecule has 0 aliphatic rings. The van der Waals surface area contributed by atoms with E-state index in [0.29, 0.717) is 5.75 Å². The fourth-order valence-corrected chi connectivity index (χ4v) is 2.19. The van der Waals surface area contributed by atoms with E-state index in [2.05, 4.69) is 10.6 Å². The highest BCUT2D eigenvalue weighted by atomic mass is 32.2. The van der Waals surface area contributed by atoms with Crippen molar-refractivity contribution >= 4 is 35.5 Å². The summed E-state index contributed by atoms with van der Waals surface area (Å²) >= 11 is 1.45. The van der Waals surface area contributed by atoms with Gasteiger partial charge in [0.05, 0.1) is 12.5 Å². The summed E-state index contributed by atoms with van der Waals surface area (Å²) in [6, 6.07) is -3.35. The van der Waals surface area contributed by atoms with Gasteiger partial charge >= 0.3 is 11.9 Å². The van der Waals surface area contributed by atoms with Crippen molar-refractivity contribution in [3.05, 3.63) is 0 Å². The van der Waals surface area contributed by atoms with Gasteiger partial charge in [-0.3, -0.25) is 14.4 Å². The minimum absolute atomic E-state index is 0.131. The Morgan fingerprint density at radius 2 is 1.58 bits per heavy atom. The summed E-state index contributed by atoms with van der Waals surface area (Å²) in [5.41, 5.74) is 5.73. The Kier molecular flexibility index (Phi) is 10.0. The van der Waals surface area contributed by atoms with Crippen molar-refractivity contribution in [2.75, 3.05) is 12.0 Å². The van der Waals surface area contributed by atoms with Gasteiger partial charge in [-0.1, -0.05) is 13.8 Å². The molecule has 0 saturated heterocycles. The summed E-state index contributed by atoms with van der Waals surface area (Å²) in [4.78, 5) is 46.0. The fourth-order valence-electron chi connectivity index (χ4n) is 1.72. The number of rotatable bonds is 11. The van der Waals surface area contributed by atoms with Gasteiger partial charge in [0.1, 0.15) is 12.1 Å². The molecule has 0 aromatic heterocycles. The number of carbonyl (C=O) groups excluding carboxylic acids is 2. The number of aliphatic carboxylic acids is 2. The summed E-state index contributed by atoms with van der Waals surface area (Å²) in [5, 5.41) is 22.3. The van der Waals surface area contributed by atoms with E-state index >= 15 is 0 Å². The second-order valence-electron chi connectivity index (χ2n) is 5.61. The monoisotopic (exact) mass is 363 g/mol. The molecule has 3 atom stereocenters. The number of carboxylic acid groups (broad SMARTS) is 2. The van der Waals surface area contributed by atoms with Crippen LogP contribution in [-0.2, 0) is 19.2 Å². The average molecular weight is 363 g/mol. The number of nitrogens with one attached hydrogen (secondary N) is 2. The Bertz CT molecular complexity index is 471. The second kappa shape index (κ2) is 10.9. The Morgan fingerprint density at radius 1 is 1.04 bits per heavy atom. The van der Waals surface area contributed by atoms with Crippen molar-refractivity contribution in [3.63, 3.8) is 0 Å². The Labute approximate surface area is 144 Å². The molecule has 9 nitrogen and oxygen atoms in total. The van der Waals surface area contributed by atoms with Crippen LogP contribution in [-0.4, -0.2) is 64.1 Å². The lowest BCUT2D eigenvalue weighted by molar-refractivity contribution is -0.147. The van der Waals surface area contributed by atoms with Crippen molar-refractivity contribution in [3.8, 4) is 0 Å². The first-order valence-electron chi connectivity index (χ1n) is 7.40. The van der Waals surface area contributed by atoms with Crippen molar-refractivity contribution in [1.29, 1.82) is 0 Å². The molecule has 0 aromatic carbocycles. The molecule has 0 aromatic rings. The van der Waals surface area contributed by atoms with Crippen LogP contribution in [0.25, 0.3) is 0 Å². The quantitative estimate of drug-likeness (QED) is 0.321. The van der Waals surface area contributed by atoms with E-state index in [1.807, 2.05) is 6.26 Å². The van der Waals surface area contributed by atoms with Gasteiger partial charge < -0.3 is 26.6 Å². The number of carbonyl (C=O) groups is 4. The number of thioether (sulfide) groups is 1. The zero-order chi connectivity index (χ0) is 18.9. The molecule has 0 bridgehead atoms. The smallest absolute Gasteiger partial charge is 0.326 e. The number of hydrogen-bond acceptors (Lipinski definition) is 6. The molecule has 0 rings (SSSR count). The van der Waals surface area contributed by atoms with E-state index < -0.39 is 48.3 Å². The van der Waals surface area contributed by atoms with Crippen molar-refractivity contribution in [2.45, 2.75) is 44.8 Å². The maximum Gasteiger partial charge on any atom is 0.326 e. The molecule has 24 heavy (non-hydrogen) atoms. The van der Waals surface area contributed by atoms with Gasteiger partial charge in [0.2, 0.25) is 11.8 Å². The van der Waals surface area contributed by atoms with Gasteiger partial charge in [-0.25, -0.2) is 4.79 Å². The van der Waals surface area contributed by atoms with E-state index in [1.54, 1.807) is 13.8 Å². The first-order valence-corrected chi connectivity index (χ1v) is 8.79. The average Bonchev–Trinajstić information content (AvgIpc) is 2.48. The van der Waals surface area contributed by atoms with E-state index in [-0.39, 0.29) is 12.3 Å². The lowest BCUT2D eigenvalue weighted by Crippen LogP contribution is -2.55. The molecule has 0 saturated carbocycles. The summed E-state index contributed by atoms with van der Waals surface area (Å²) in [6.07, 6.45) is 1.33. The molecular weight excluding hydrogens is 338 g/mol. The third-order valence-corrected chi connectivity index (χ3v) is 3.90. The Balaban J connectivity index is 5.00. The van der Waals surface area contributed by atoms with Gasteiger partial charge in [-0.2, -0.15) is 11.8 Å². The topological polar surface area (TPSA) is 159 Å². The molecule has 0 spiro atoms. The van der Waals surface area contributed by atoms with E-state index in [9.17, 15) is 19.2 Å². The van der Waals surface area contributed by atoms with E-state index in [1.165, 1.54) is 11.8 Å². The van der Waals surface area contributed by atoms with Crippen molar-refractivity contribution in [2.24, 2.45) is 11.7 Å². The van der Waals surface area contributed by atoms with Crippen molar-refractivity contribution in [1.82, 2.24) is 10.6 Å². The molecule has 0 heterocycles. The van der Waals surface area contributed by atoms with Crippen LogP contribution in [0.2, 0.25) is 0 Å². The first-order chi connectivity index (χ1) is 11.1. The van der Waals surface area contributed by atoms with Crippen LogP contribution in [0.4, 0.5) is 0 Å². The molecule has 0 aliphatic heterocycles. The van der Waals surface area contributed by atoms with E-state index in [0.717, 1.165) is 0 Å². The predicted molar refractivity (Wildman–Crippen MR) is 89.6 cm³/mol. The minimum atomic E-state index is -1.57. The molecule has 0 aliphatic carbocycles. The Hall–Kier alpha value is -1.81. The summed E-state index contributed by atoms with van der Waals surface area (Å²) in [5.74, 6) is -3.66. The SMILES string of the molecule is CSCCC(NC(=O)C(N)C(C)C)C(=O)NC(CC(=O)O)C(=O)O. The van der Waals surface area contributed by atoms with Crippen LogP contribution in [0.3, 0.4) is 0 Å². The highest BCUT2D eigenvalue weighted by Crippen LogP contribution is 2.05. The fraction of sp³-hybridized carbons (Fsp3) is 0.714. The minimum Gasteiger partial charge on any atom is -0.481 e. The third kappa shape index (κ3) is 8.16. The summed E-state index contributed by atoms with van der Waals surface area (Å²) in [7, 11) is 0. The summed E-state index contributed by atoms with van der Waals surface area (Å²) in [6.45, 7) is 3.52. The third-order valence-electron chi connectivity index (χ3n) is 3.26. The van der Waals surface area contributed by atoms with Crippen LogP contribution in [0.1, 0.15) is 26.7 Å². The highest BCUT2D eigenvalue weighted by molar-refractivity contribution is 7.98. The Morgan fingerprint density at radius 3 is 2.00 bits per heavy atom. The van der Waals surface area contributed by atoms with Gasteiger partial charge in [-0.15, -0.1) is 0 Å². The number of amides is 2. The van der Waals surface area contributed by atoms with Crippen molar-refractivity contribution < 1.29 is 29.4 Å². The lowest BCUT2D eigenvalue weighted by Gasteiger charge is -2.23. The van der Waals surface area contributed by atoms with Crippen LogP contribution in [0.5, 0.6) is 0 Å². The molecule has 3 unspecified atom stereocenters. The highest BCUT2D eigenvalue weighted by Gasteiger charge is 2.29. The number of carboxylic acids is 2. The van der Waals surface area contributed by atoms with E-state index in [4.69, 9.17) is 15.9 Å². The number of hydrogen-bond donors (Lipinski definition) is 5. The summed E-state index contributed by atoms with van der Waals surface area (Å²) < 4.78 is 0. The van der Waals surface area contributed by atoms with Crippen LogP contribution in [0, 0.1) is 5.92 Å². The van der Waals surface area contributed by atoms with Gasteiger partial charge in [0.15, 0.2) is 0 Å². The van der Waals surface area contributed by atoms with Crippen LogP contribution in [0.15, 0.2) is 0 Å². The molecule has 0 fully saturated rings. The zero-order valence-electron chi connectivity index (χ0n) is 13.9. The van der Waals surface area contributed by atoms with Crippen LogP contribution >= 0.6 is 11.8 Å². The normalized spacial score (nSPS) is 14.5. The molecule has 10 heteroatoms. The van der Waals surface area contributed by atoms with Gasteiger partial charge in [0, 0.05) is 0 Å². The second-order valence-corrected chi connectivity index (χ2v) is 6.60. The lowest BCUT2D eigenvalue weighted by atomic mass is 10.0. The zero-order valence-corrected chi connectivity index (χ0v) is 14.8. The molecule has 2 amide bonds. The van der Waals surface area contributed by atoms with Gasteiger partial charge in [0.25, 0.3) is 0 Å².